The Morgan fingerprint density at radius 1 is 0.750 bits per heavy atom. The molecule has 0 atom stereocenters. The number of hydrogen-bond acceptors (Lipinski definition) is 2. The van der Waals surface area contributed by atoms with Crippen LogP contribution in [-0.4, -0.2) is 5.91 Å². The van der Waals surface area contributed by atoms with Gasteiger partial charge in [-0.25, -0.2) is 0 Å². The predicted molar refractivity (Wildman–Crippen MR) is 117 cm³/mol. The zero-order chi connectivity index (χ0) is 19.3. The lowest BCUT2D eigenvalue weighted by molar-refractivity contribution is 0.1000. The van der Waals surface area contributed by atoms with Gasteiger partial charge in [0, 0.05) is 30.8 Å². The third-order valence-corrected chi connectivity index (χ3v) is 6.49. The molecule has 0 aliphatic carbocycles. The summed E-state index contributed by atoms with van der Waals surface area (Å²) in [5, 5.41) is 2.92. The van der Waals surface area contributed by atoms with Gasteiger partial charge in [0.2, 0.25) is 0 Å². The number of halogens is 2. The predicted octanol–water partition coefficient (Wildman–Crippen LogP) is 7.59. The average molecular weight is 422 g/mol. The number of carbonyl (C=O) groups excluding carboxylic acids is 1. The fourth-order valence-corrected chi connectivity index (χ4v) is 4.97. The highest BCUT2D eigenvalue weighted by molar-refractivity contribution is 7.99. The molecule has 4 aromatic rings. The summed E-state index contributed by atoms with van der Waals surface area (Å²) in [5.74, 6) is -0.107. The summed E-state index contributed by atoms with van der Waals surface area (Å²) < 4.78 is 0. The molecular formula is C23H13Cl2NOS. The number of para-hydroxylation sites is 1. The van der Waals surface area contributed by atoms with Gasteiger partial charge in [0.1, 0.15) is 0 Å². The summed E-state index contributed by atoms with van der Waals surface area (Å²) in [6, 6.07) is 24.8. The van der Waals surface area contributed by atoms with Crippen molar-refractivity contribution in [2.45, 2.75) is 9.79 Å². The second-order valence-electron chi connectivity index (χ2n) is 6.46. The van der Waals surface area contributed by atoms with Crippen molar-refractivity contribution in [2.24, 2.45) is 0 Å². The first kappa shape index (κ1) is 17.6. The molecule has 2 nitrogen and oxygen atoms in total. The normalized spacial score (nSPS) is 12.6. The molecule has 5 heteroatoms. The van der Waals surface area contributed by atoms with E-state index in [1.54, 1.807) is 16.7 Å². The van der Waals surface area contributed by atoms with Crippen LogP contribution in [0.25, 0.3) is 10.8 Å². The third kappa shape index (κ3) is 2.78. The summed E-state index contributed by atoms with van der Waals surface area (Å²) in [6.45, 7) is 0. The Balaban J connectivity index is 1.75. The van der Waals surface area contributed by atoms with Gasteiger partial charge in [0.15, 0.2) is 0 Å². The third-order valence-electron chi connectivity index (χ3n) is 4.79. The Morgan fingerprint density at radius 2 is 1.50 bits per heavy atom. The van der Waals surface area contributed by atoms with Crippen molar-refractivity contribution in [1.29, 1.82) is 0 Å². The maximum Gasteiger partial charge on any atom is 0.263 e. The van der Waals surface area contributed by atoms with Gasteiger partial charge >= 0.3 is 0 Å². The Hall–Kier alpha value is -2.46. The summed E-state index contributed by atoms with van der Waals surface area (Å²) in [5.41, 5.74) is 2.25. The summed E-state index contributed by atoms with van der Waals surface area (Å²) in [7, 11) is 0. The van der Waals surface area contributed by atoms with Crippen LogP contribution in [-0.2, 0) is 0 Å². The highest BCUT2D eigenvalue weighted by Gasteiger charge is 2.30. The SMILES string of the molecule is O=C(c1cccc2c(Cl)cccc12)N1c2ccccc2Sc2ccc(Cl)cc21. The molecular weight excluding hydrogens is 409 g/mol. The highest BCUT2D eigenvalue weighted by Crippen LogP contribution is 2.49. The molecule has 0 N–H and O–H groups in total. The molecule has 1 aliphatic heterocycles. The molecule has 4 aromatic carbocycles. The number of rotatable bonds is 1. The molecule has 0 spiro atoms. The first-order valence-electron chi connectivity index (χ1n) is 8.71. The number of carbonyl (C=O) groups is 1. The van der Waals surface area contributed by atoms with Crippen LogP contribution in [0.15, 0.2) is 88.7 Å². The minimum absolute atomic E-state index is 0.107. The van der Waals surface area contributed by atoms with Gasteiger partial charge in [-0.1, -0.05) is 71.4 Å². The topological polar surface area (TPSA) is 20.3 Å². The van der Waals surface area contributed by atoms with Crippen LogP contribution in [0.1, 0.15) is 10.4 Å². The van der Waals surface area contributed by atoms with E-state index < -0.39 is 0 Å². The van der Waals surface area contributed by atoms with E-state index >= 15 is 0 Å². The minimum Gasteiger partial charge on any atom is -0.275 e. The monoisotopic (exact) mass is 421 g/mol. The maximum atomic E-state index is 13.8. The fraction of sp³-hybridized carbons (Fsp3) is 0. The van der Waals surface area contributed by atoms with E-state index in [4.69, 9.17) is 23.2 Å². The Kier molecular flexibility index (Phi) is 4.31. The first-order valence-corrected chi connectivity index (χ1v) is 10.3. The molecule has 1 heterocycles. The summed E-state index contributed by atoms with van der Waals surface area (Å²) in [4.78, 5) is 17.6. The van der Waals surface area contributed by atoms with E-state index in [0.29, 0.717) is 15.6 Å². The molecule has 5 rings (SSSR count). The maximum absolute atomic E-state index is 13.8. The zero-order valence-corrected chi connectivity index (χ0v) is 16.9. The lowest BCUT2D eigenvalue weighted by Crippen LogP contribution is -2.28. The number of benzene rings is 4. The van der Waals surface area contributed by atoms with E-state index in [1.165, 1.54) is 0 Å². The van der Waals surface area contributed by atoms with Crippen LogP contribution >= 0.6 is 35.0 Å². The van der Waals surface area contributed by atoms with Gasteiger partial charge in [0.05, 0.1) is 11.4 Å². The van der Waals surface area contributed by atoms with E-state index in [0.717, 1.165) is 31.9 Å². The van der Waals surface area contributed by atoms with Gasteiger partial charge in [-0.2, -0.15) is 0 Å². The highest BCUT2D eigenvalue weighted by atomic mass is 35.5. The molecule has 0 saturated carbocycles. The number of anilines is 2. The second-order valence-corrected chi connectivity index (χ2v) is 8.39. The molecule has 0 fully saturated rings. The molecule has 0 bridgehead atoms. The average Bonchev–Trinajstić information content (AvgIpc) is 2.71. The molecule has 0 saturated heterocycles. The minimum atomic E-state index is -0.107. The standard InChI is InChI=1S/C23H13Cl2NOS/c24-14-11-12-22-20(13-14)26(19-9-1-2-10-21(19)28-22)23(27)17-7-3-6-16-15(17)5-4-8-18(16)25/h1-13H. The van der Waals surface area contributed by atoms with Crippen LogP contribution < -0.4 is 4.90 Å². The second kappa shape index (κ2) is 6.85. The van der Waals surface area contributed by atoms with Crippen LogP contribution in [0.2, 0.25) is 10.0 Å². The van der Waals surface area contributed by atoms with Crippen LogP contribution in [0.3, 0.4) is 0 Å². The van der Waals surface area contributed by atoms with Gasteiger partial charge in [0.25, 0.3) is 5.91 Å². The Morgan fingerprint density at radius 3 is 2.39 bits per heavy atom. The molecule has 0 radical (unpaired) electrons. The van der Waals surface area contributed by atoms with Crippen molar-refractivity contribution in [3.8, 4) is 0 Å². The van der Waals surface area contributed by atoms with E-state index in [-0.39, 0.29) is 5.91 Å². The lowest BCUT2D eigenvalue weighted by atomic mass is 10.0. The number of hydrogen-bond donors (Lipinski definition) is 0. The van der Waals surface area contributed by atoms with Crippen molar-refractivity contribution >= 4 is 63.0 Å². The van der Waals surface area contributed by atoms with Crippen molar-refractivity contribution in [3.63, 3.8) is 0 Å². The van der Waals surface area contributed by atoms with Crippen LogP contribution in [0.5, 0.6) is 0 Å². The number of amides is 1. The molecule has 0 unspecified atom stereocenters. The van der Waals surface area contributed by atoms with Crippen molar-refractivity contribution < 1.29 is 4.79 Å². The van der Waals surface area contributed by atoms with Gasteiger partial charge < -0.3 is 0 Å². The zero-order valence-electron chi connectivity index (χ0n) is 14.5. The fourth-order valence-electron chi connectivity index (χ4n) is 3.53. The van der Waals surface area contributed by atoms with Crippen molar-refractivity contribution in [2.75, 3.05) is 4.90 Å². The van der Waals surface area contributed by atoms with Crippen molar-refractivity contribution in [3.05, 3.63) is 94.5 Å². The molecule has 136 valence electrons. The largest absolute Gasteiger partial charge is 0.275 e. The number of nitrogens with zero attached hydrogens (tertiary/aromatic N) is 1. The van der Waals surface area contributed by atoms with Crippen molar-refractivity contribution in [1.82, 2.24) is 0 Å². The summed E-state index contributed by atoms with van der Waals surface area (Å²) in [6.07, 6.45) is 0. The van der Waals surface area contributed by atoms with E-state index in [1.807, 2.05) is 78.9 Å². The van der Waals surface area contributed by atoms with Crippen LogP contribution in [0.4, 0.5) is 11.4 Å². The molecule has 0 aromatic heterocycles. The number of fused-ring (bicyclic) bond motifs is 3. The molecule has 1 aliphatic rings. The van der Waals surface area contributed by atoms with Crippen LogP contribution in [0, 0.1) is 0 Å². The Bertz CT molecular complexity index is 1250. The lowest BCUT2D eigenvalue weighted by Gasteiger charge is -2.31. The van der Waals surface area contributed by atoms with E-state index in [2.05, 4.69) is 0 Å². The van der Waals surface area contributed by atoms with Gasteiger partial charge in [-0.3, -0.25) is 9.69 Å². The smallest absolute Gasteiger partial charge is 0.263 e. The molecule has 28 heavy (non-hydrogen) atoms. The first-order chi connectivity index (χ1) is 13.6. The Labute approximate surface area is 176 Å². The quantitative estimate of drug-likeness (QED) is 0.315. The molecule has 1 amide bonds. The van der Waals surface area contributed by atoms with Gasteiger partial charge in [-0.05, 0) is 47.9 Å². The van der Waals surface area contributed by atoms with Gasteiger partial charge in [-0.15, -0.1) is 0 Å². The summed E-state index contributed by atoms with van der Waals surface area (Å²) >= 11 is 14.3. The van der Waals surface area contributed by atoms with E-state index in [9.17, 15) is 4.79 Å².